The Bertz CT molecular complexity index is 425. The number of halogens is 2. The van der Waals surface area contributed by atoms with Gasteiger partial charge in [0, 0.05) is 21.5 Å². The van der Waals surface area contributed by atoms with Crippen molar-refractivity contribution in [1.29, 1.82) is 0 Å². The number of alkyl halides is 1. The molecule has 0 aromatic carbocycles. The lowest BCUT2D eigenvalue weighted by molar-refractivity contribution is 0.0929. The van der Waals surface area contributed by atoms with Crippen LogP contribution in [0.3, 0.4) is 0 Å². The molecule has 3 nitrogen and oxygen atoms in total. The van der Waals surface area contributed by atoms with Gasteiger partial charge in [-0.3, -0.25) is 4.79 Å². The zero-order valence-electron chi connectivity index (χ0n) is 10.0. The molecule has 2 unspecified atom stereocenters. The predicted molar refractivity (Wildman–Crippen MR) is 79.0 cm³/mol. The van der Waals surface area contributed by atoms with E-state index in [0.717, 1.165) is 17.3 Å². The van der Waals surface area contributed by atoms with Gasteiger partial charge in [0.1, 0.15) is 5.69 Å². The topological polar surface area (TPSA) is 42.0 Å². The maximum Gasteiger partial charge on any atom is 0.271 e. The van der Waals surface area contributed by atoms with Crippen molar-refractivity contribution in [2.75, 3.05) is 0 Å². The van der Waals surface area contributed by atoms with Gasteiger partial charge in [-0.1, -0.05) is 35.2 Å². The van der Waals surface area contributed by atoms with Crippen LogP contribution in [0.5, 0.6) is 0 Å². The summed E-state index contributed by atoms with van der Waals surface area (Å²) in [6.45, 7) is 0. The predicted octanol–water partition coefficient (Wildman–Crippen LogP) is 3.67. The van der Waals surface area contributed by atoms with Crippen molar-refractivity contribution < 1.29 is 4.79 Å². The van der Waals surface area contributed by atoms with Crippen molar-refractivity contribution in [2.24, 2.45) is 0 Å². The fourth-order valence-corrected chi connectivity index (χ4v) is 3.37. The second-order valence-corrected chi connectivity index (χ2v) is 6.60. The second-order valence-electron chi connectivity index (χ2n) is 4.57. The maximum absolute atomic E-state index is 12.2. The molecule has 1 aromatic rings. The van der Waals surface area contributed by atoms with Gasteiger partial charge in [-0.05, 0) is 40.9 Å². The molecule has 1 fully saturated rings. The third kappa shape index (κ3) is 3.54. The van der Waals surface area contributed by atoms with Crippen molar-refractivity contribution >= 4 is 37.8 Å². The van der Waals surface area contributed by atoms with Gasteiger partial charge in [-0.25, -0.2) is 4.98 Å². The van der Waals surface area contributed by atoms with Crippen LogP contribution in [0.25, 0.3) is 0 Å². The molecule has 18 heavy (non-hydrogen) atoms. The first kappa shape index (κ1) is 14.0. The molecule has 1 aliphatic rings. The molecule has 0 radical (unpaired) electrons. The molecule has 0 spiro atoms. The maximum atomic E-state index is 12.2. The number of rotatable bonds is 2. The first-order valence-electron chi connectivity index (χ1n) is 6.24. The number of amides is 1. The van der Waals surface area contributed by atoms with Gasteiger partial charge < -0.3 is 5.32 Å². The monoisotopic (exact) mass is 374 g/mol. The van der Waals surface area contributed by atoms with E-state index in [1.165, 1.54) is 19.3 Å². The minimum atomic E-state index is -0.0983. The normalized spacial score (nSPS) is 24.3. The first-order chi connectivity index (χ1) is 8.68. The average Bonchev–Trinajstić information content (AvgIpc) is 2.55. The molecule has 1 aliphatic carbocycles. The molecule has 1 saturated carbocycles. The summed E-state index contributed by atoms with van der Waals surface area (Å²) in [6.07, 6.45) is 7.45. The van der Waals surface area contributed by atoms with Gasteiger partial charge in [0.25, 0.3) is 5.91 Å². The number of aromatic nitrogens is 1. The Morgan fingerprint density at radius 1 is 1.33 bits per heavy atom. The third-order valence-corrected chi connectivity index (χ3v) is 4.96. The summed E-state index contributed by atoms with van der Waals surface area (Å²) in [4.78, 5) is 16.7. The van der Waals surface area contributed by atoms with E-state index in [9.17, 15) is 4.79 Å². The molecule has 2 atom stereocenters. The SMILES string of the molecule is O=C(NC1CCCCCC1Br)c1ncccc1Br. The summed E-state index contributed by atoms with van der Waals surface area (Å²) in [6, 6.07) is 3.84. The lowest BCUT2D eigenvalue weighted by atomic mass is 10.1. The number of nitrogens with zero attached hydrogens (tertiary/aromatic N) is 1. The summed E-state index contributed by atoms with van der Waals surface area (Å²) >= 11 is 7.03. The van der Waals surface area contributed by atoms with Crippen molar-refractivity contribution in [2.45, 2.75) is 43.0 Å². The van der Waals surface area contributed by atoms with E-state index in [1.54, 1.807) is 12.3 Å². The van der Waals surface area contributed by atoms with Crippen LogP contribution in [0.2, 0.25) is 0 Å². The van der Waals surface area contributed by atoms with Crippen LogP contribution < -0.4 is 5.32 Å². The zero-order chi connectivity index (χ0) is 13.0. The number of hydrogen-bond acceptors (Lipinski definition) is 2. The van der Waals surface area contributed by atoms with Crippen molar-refractivity contribution in [3.63, 3.8) is 0 Å². The standard InChI is InChI=1S/C13H16Br2N2O/c14-9-5-2-1-3-7-11(9)17-13(18)12-10(15)6-4-8-16-12/h4,6,8-9,11H,1-3,5,7H2,(H,17,18). The van der Waals surface area contributed by atoms with Crippen LogP contribution in [0.4, 0.5) is 0 Å². The highest BCUT2D eigenvalue weighted by atomic mass is 79.9. The Morgan fingerprint density at radius 2 is 2.11 bits per heavy atom. The molecule has 1 aromatic heterocycles. The summed E-state index contributed by atoms with van der Waals surface area (Å²) in [5.41, 5.74) is 0.460. The van der Waals surface area contributed by atoms with E-state index in [0.29, 0.717) is 10.5 Å². The molecule has 0 bridgehead atoms. The van der Waals surface area contributed by atoms with E-state index < -0.39 is 0 Å². The average molecular weight is 376 g/mol. The van der Waals surface area contributed by atoms with Crippen LogP contribution >= 0.6 is 31.9 Å². The van der Waals surface area contributed by atoms with Gasteiger partial charge in [0.05, 0.1) is 0 Å². The number of carbonyl (C=O) groups excluding carboxylic acids is 1. The minimum absolute atomic E-state index is 0.0983. The summed E-state index contributed by atoms with van der Waals surface area (Å²) in [5, 5.41) is 3.09. The van der Waals surface area contributed by atoms with Gasteiger partial charge >= 0.3 is 0 Å². The third-order valence-electron chi connectivity index (χ3n) is 3.22. The quantitative estimate of drug-likeness (QED) is 0.632. The highest BCUT2D eigenvalue weighted by Gasteiger charge is 2.24. The molecule has 2 rings (SSSR count). The molecule has 98 valence electrons. The van der Waals surface area contributed by atoms with E-state index in [4.69, 9.17) is 0 Å². The van der Waals surface area contributed by atoms with Crippen LogP contribution in [-0.2, 0) is 0 Å². The van der Waals surface area contributed by atoms with Crippen molar-refractivity contribution in [3.8, 4) is 0 Å². The van der Waals surface area contributed by atoms with Crippen molar-refractivity contribution in [1.82, 2.24) is 10.3 Å². The smallest absolute Gasteiger partial charge is 0.271 e. The molecule has 0 saturated heterocycles. The van der Waals surface area contributed by atoms with Crippen LogP contribution in [0, 0.1) is 0 Å². The molecular formula is C13H16Br2N2O. The number of hydrogen-bond donors (Lipinski definition) is 1. The minimum Gasteiger partial charge on any atom is -0.347 e. The number of carbonyl (C=O) groups is 1. The molecule has 1 heterocycles. The van der Waals surface area contributed by atoms with Gasteiger partial charge in [-0.15, -0.1) is 0 Å². The molecular weight excluding hydrogens is 360 g/mol. The summed E-state index contributed by atoms with van der Waals surface area (Å²) in [5.74, 6) is -0.0983. The van der Waals surface area contributed by atoms with Crippen LogP contribution in [-0.4, -0.2) is 21.8 Å². The Hall–Kier alpha value is -0.420. The highest BCUT2D eigenvalue weighted by Crippen LogP contribution is 2.24. The van der Waals surface area contributed by atoms with E-state index in [1.807, 2.05) is 6.07 Å². The number of pyridine rings is 1. The first-order valence-corrected chi connectivity index (χ1v) is 7.95. The fraction of sp³-hybridized carbons (Fsp3) is 0.538. The Balaban J connectivity index is 2.04. The highest BCUT2D eigenvalue weighted by molar-refractivity contribution is 9.10. The van der Waals surface area contributed by atoms with Crippen molar-refractivity contribution in [3.05, 3.63) is 28.5 Å². The fourth-order valence-electron chi connectivity index (χ4n) is 2.21. The van der Waals surface area contributed by atoms with Gasteiger partial charge in [0.2, 0.25) is 0 Å². The van der Waals surface area contributed by atoms with E-state index in [-0.39, 0.29) is 11.9 Å². The Morgan fingerprint density at radius 3 is 2.89 bits per heavy atom. The lowest BCUT2D eigenvalue weighted by Crippen LogP contribution is -2.40. The lowest BCUT2D eigenvalue weighted by Gasteiger charge is -2.21. The van der Waals surface area contributed by atoms with E-state index >= 15 is 0 Å². The van der Waals surface area contributed by atoms with E-state index in [2.05, 4.69) is 42.2 Å². The van der Waals surface area contributed by atoms with Gasteiger partial charge in [-0.2, -0.15) is 0 Å². The number of nitrogens with one attached hydrogen (secondary N) is 1. The summed E-state index contributed by atoms with van der Waals surface area (Å²) < 4.78 is 0.738. The zero-order valence-corrected chi connectivity index (χ0v) is 13.2. The molecule has 5 heteroatoms. The molecule has 1 N–H and O–H groups in total. The Labute approximate surface area is 124 Å². The van der Waals surface area contributed by atoms with Crippen LogP contribution in [0.15, 0.2) is 22.8 Å². The van der Waals surface area contributed by atoms with Gasteiger partial charge in [0.15, 0.2) is 0 Å². The molecule has 1 amide bonds. The summed E-state index contributed by atoms with van der Waals surface area (Å²) in [7, 11) is 0. The Kier molecular flexibility index (Phi) is 5.18. The molecule has 0 aliphatic heterocycles. The van der Waals surface area contributed by atoms with Crippen LogP contribution in [0.1, 0.15) is 42.6 Å². The second kappa shape index (κ2) is 6.66. The largest absolute Gasteiger partial charge is 0.347 e.